The highest BCUT2D eigenvalue weighted by molar-refractivity contribution is 7.15. The molecule has 2 N–H and O–H groups in total. The van der Waals surface area contributed by atoms with Gasteiger partial charge in [-0.2, -0.15) is 0 Å². The lowest BCUT2D eigenvalue weighted by Crippen LogP contribution is -2.50. The molecule has 2 aromatic rings. The van der Waals surface area contributed by atoms with Crippen molar-refractivity contribution in [3.63, 3.8) is 0 Å². The summed E-state index contributed by atoms with van der Waals surface area (Å²) in [6.07, 6.45) is 4.19. The van der Waals surface area contributed by atoms with Crippen molar-refractivity contribution in [2.75, 3.05) is 0 Å². The van der Waals surface area contributed by atoms with Gasteiger partial charge in [-0.25, -0.2) is 4.98 Å². The van der Waals surface area contributed by atoms with Gasteiger partial charge in [0.2, 0.25) is 5.91 Å². The molecule has 0 aromatic carbocycles. The maximum atomic E-state index is 11.9. The van der Waals surface area contributed by atoms with Gasteiger partial charge in [0.25, 0.3) is 0 Å². The third-order valence-electron chi connectivity index (χ3n) is 3.14. The first-order chi connectivity index (χ1) is 9.31. The average Bonchev–Trinajstić information content (AvgIpc) is 2.86. The Kier molecular flexibility index (Phi) is 4.17. The van der Waals surface area contributed by atoms with Crippen molar-refractivity contribution >= 4 is 39.9 Å². The molecule has 1 unspecified atom stereocenters. The highest BCUT2D eigenvalue weighted by atomic mass is 35.5. The number of hydrogen-bond acceptors (Lipinski definition) is 4. The van der Waals surface area contributed by atoms with Gasteiger partial charge in [-0.1, -0.05) is 11.6 Å². The highest BCUT2D eigenvalue weighted by Gasteiger charge is 2.25. The molecule has 2 heterocycles. The lowest BCUT2D eigenvalue weighted by Gasteiger charge is -2.28. The van der Waals surface area contributed by atoms with Crippen LogP contribution < -0.4 is 5.32 Å². The Hall–Kier alpha value is -1.37. The summed E-state index contributed by atoms with van der Waals surface area (Å²) in [5, 5.41) is 14.6. The number of nitrogens with one attached hydrogen (secondary N) is 1. The van der Waals surface area contributed by atoms with E-state index in [9.17, 15) is 9.90 Å². The van der Waals surface area contributed by atoms with E-state index in [1.54, 1.807) is 26.8 Å². The van der Waals surface area contributed by atoms with E-state index in [0.29, 0.717) is 10.8 Å². The van der Waals surface area contributed by atoms with Crippen molar-refractivity contribution < 1.29 is 9.90 Å². The summed E-state index contributed by atoms with van der Waals surface area (Å²) in [7, 11) is 0. The van der Waals surface area contributed by atoms with Gasteiger partial charge in [-0.3, -0.25) is 9.20 Å². The minimum absolute atomic E-state index is 0.294. The molecule has 7 heteroatoms. The van der Waals surface area contributed by atoms with Gasteiger partial charge < -0.3 is 10.4 Å². The molecule has 1 amide bonds. The van der Waals surface area contributed by atoms with Crippen molar-refractivity contribution in [2.45, 2.75) is 32.4 Å². The molecule has 0 saturated carbocycles. The van der Waals surface area contributed by atoms with E-state index in [4.69, 9.17) is 11.6 Å². The Labute approximate surface area is 125 Å². The number of aliphatic hydroxyl groups is 1. The third-order valence-corrected chi connectivity index (χ3v) is 4.17. The van der Waals surface area contributed by atoms with Crippen LogP contribution in [0.3, 0.4) is 0 Å². The molecule has 0 aliphatic rings. The van der Waals surface area contributed by atoms with Crippen LogP contribution >= 0.6 is 22.9 Å². The second-order valence-electron chi connectivity index (χ2n) is 5.06. The van der Waals surface area contributed by atoms with Gasteiger partial charge in [0, 0.05) is 17.7 Å². The predicted octanol–water partition coefficient (Wildman–Crippen LogP) is 2.34. The molecule has 108 valence electrons. The molecule has 0 radical (unpaired) electrons. The number of carbonyl (C=O) groups is 1. The molecular weight excluding hydrogens is 298 g/mol. The Bertz CT molecular complexity index is 658. The van der Waals surface area contributed by atoms with Gasteiger partial charge in [-0.15, -0.1) is 11.3 Å². The van der Waals surface area contributed by atoms with Crippen LogP contribution in [0.4, 0.5) is 0 Å². The number of carbonyl (C=O) groups excluding carboxylic acids is 1. The fourth-order valence-electron chi connectivity index (χ4n) is 1.54. The van der Waals surface area contributed by atoms with Crippen molar-refractivity contribution in [3.8, 4) is 0 Å². The summed E-state index contributed by atoms with van der Waals surface area (Å²) in [5.74, 6) is -0.294. The SMILES string of the molecule is CC(O)C(C)(C)NC(=O)/C=C/c1c(Cl)nc2sccn12. The zero-order valence-corrected chi connectivity index (χ0v) is 13.0. The number of thiazole rings is 1. The normalized spacial score (nSPS) is 14.1. The maximum Gasteiger partial charge on any atom is 0.244 e. The highest BCUT2D eigenvalue weighted by Crippen LogP contribution is 2.22. The molecule has 0 aliphatic carbocycles. The number of fused-ring (bicyclic) bond motifs is 1. The van der Waals surface area contributed by atoms with Gasteiger partial charge in [0.1, 0.15) is 0 Å². The number of imidazole rings is 1. The number of amides is 1. The van der Waals surface area contributed by atoms with Crippen molar-refractivity contribution in [2.24, 2.45) is 0 Å². The molecule has 5 nitrogen and oxygen atoms in total. The quantitative estimate of drug-likeness (QED) is 0.851. The van der Waals surface area contributed by atoms with E-state index in [2.05, 4.69) is 10.3 Å². The van der Waals surface area contributed by atoms with Crippen LogP contribution in [0.1, 0.15) is 26.5 Å². The predicted molar refractivity (Wildman–Crippen MR) is 81.0 cm³/mol. The van der Waals surface area contributed by atoms with Crippen LogP contribution in [0.15, 0.2) is 17.7 Å². The second-order valence-corrected chi connectivity index (χ2v) is 6.29. The van der Waals surface area contributed by atoms with Gasteiger partial charge >= 0.3 is 0 Å². The molecular formula is C13H16ClN3O2S. The van der Waals surface area contributed by atoms with Gasteiger partial charge in [0.15, 0.2) is 10.1 Å². The van der Waals surface area contributed by atoms with Crippen LogP contribution in [0.5, 0.6) is 0 Å². The summed E-state index contributed by atoms with van der Waals surface area (Å²) in [4.78, 5) is 16.8. The van der Waals surface area contributed by atoms with Gasteiger partial charge in [-0.05, 0) is 26.8 Å². The molecule has 2 rings (SSSR count). The monoisotopic (exact) mass is 313 g/mol. The number of aromatic nitrogens is 2. The fraction of sp³-hybridized carbons (Fsp3) is 0.385. The Balaban J connectivity index is 2.15. The van der Waals surface area contributed by atoms with Gasteiger partial charge in [0.05, 0.1) is 17.3 Å². The zero-order chi connectivity index (χ0) is 14.9. The van der Waals surface area contributed by atoms with E-state index in [0.717, 1.165) is 4.96 Å². The maximum absolute atomic E-state index is 11.9. The molecule has 2 aromatic heterocycles. The largest absolute Gasteiger partial charge is 0.391 e. The summed E-state index contributed by atoms with van der Waals surface area (Å²) >= 11 is 7.50. The Morgan fingerprint density at radius 2 is 2.35 bits per heavy atom. The molecule has 1 atom stereocenters. The van der Waals surface area contributed by atoms with E-state index in [-0.39, 0.29) is 5.91 Å². The first-order valence-corrected chi connectivity index (χ1v) is 7.36. The smallest absolute Gasteiger partial charge is 0.244 e. The summed E-state index contributed by atoms with van der Waals surface area (Å²) in [5.41, 5.74) is -0.0340. The van der Waals surface area contributed by atoms with E-state index < -0.39 is 11.6 Å². The zero-order valence-electron chi connectivity index (χ0n) is 11.4. The molecule has 0 saturated heterocycles. The molecule has 0 fully saturated rings. The van der Waals surface area contributed by atoms with E-state index >= 15 is 0 Å². The number of nitrogens with zero attached hydrogens (tertiary/aromatic N) is 2. The van der Waals surface area contributed by atoms with Crippen molar-refractivity contribution in [1.82, 2.24) is 14.7 Å². The fourth-order valence-corrected chi connectivity index (χ4v) is 2.55. The minimum Gasteiger partial charge on any atom is -0.391 e. The Morgan fingerprint density at radius 3 is 3.00 bits per heavy atom. The number of hydrogen-bond donors (Lipinski definition) is 2. The standard InChI is InChI=1S/C13H16ClN3O2S/c1-8(18)13(2,3)16-10(19)5-4-9-11(14)15-12-17(9)6-7-20-12/h4-8,18H,1-3H3,(H,16,19)/b5-4+. The molecule has 20 heavy (non-hydrogen) atoms. The average molecular weight is 314 g/mol. The molecule has 0 aliphatic heterocycles. The summed E-state index contributed by atoms with van der Waals surface area (Å²) in [6.45, 7) is 5.14. The lowest BCUT2D eigenvalue weighted by atomic mass is 9.99. The topological polar surface area (TPSA) is 66.6 Å². The Morgan fingerprint density at radius 1 is 1.65 bits per heavy atom. The van der Waals surface area contributed by atoms with E-state index in [1.165, 1.54) is 17.4 Å². The number of rotatable bonds is 4. The third kappa shape index (κ3) is 3.03. The number of halogens is 1. The summed E-state index contributed by atoms with van der Waals surface area (Å²) < 4.78 is 1.82. The lowest BCUT2D eigenvalue weighted by molar-refractivity contribution is -0.119. The van der Waals surface area contributed by atoms with Crippen LogP contribution in [0.25, 0.3) is 11.0 Å². The molecule has 0 bridgehead atoms. The van der Waals surface area contributed by atoms with Crippen molar-refractivity contribution in [3.05, 3.63) is 28.5 Å². The van der Waals surface area contributed by atoms with E-state index in [1.807, 2.05) is 16.0 Å². The first-order valence-electron chi connectivity index (χ1n) is 6.10. The minimum atomic E-state index is -0.694. The van der Waals surface area contributed by atoms with Crippen LogP contribution in [-0.4, -0.2) is 32.0 Å². The van der Waals surface area contributed by atoms with Crippen LogP contribution in [-0.2, 0) is 4.79 Å². The second kappa shape index (κ2) is 5.55. The number of aliphatic hydroxyl groups excluding tert-OH is 1. The first kappa shape index (κ1) is 15.0. The van der Waals surface area contributed by atoms with Crippen LogP contribution in [0.2, 0.25) is 5.15 Å². The molecule has 0 spiro atoms. The summed E-state index contributed by atoms with van der Waals surface area (Å²) in [6, 6.07) is 0. The van der Waals surface area contributed by atoms with Crippen molar-refractivity contribution in [1.29, 1.82) is 0 Å². The van der Waals surface area contributed by atoms with Crippen LogP contribution in [0, 0.1) is 0 Å².